The summed E-state index contributed by atoms with van der Waals surface area (Å²) in [5.74, 6) is -0.752. The molecule has 0 saturated carbocycles. The summed E-state index contributed by atoms with van der Waals surface area (Å²) in [5.41, 5.74) is 0.335. The fraction of sp³-hybridized carbons (Fsp3) is 0.100. The van der Waals surface area contributed by atoms with Gasteiger partial charge in [-0.15, -0.1) is 0 Å². The van der Waals surface area contributed by atoms with Gasteiger partial charge in [0.05, 0.1) is 0 Å². The third-order valence-electron chi connectivity index (χ3n) is 1.55. The highest BCUT2D eigenvalue weighted by atomic mass is 35.6. The lowest BCUT2D eigenvalue weighted by Gasteiger charge is -2.01. The molecule has 0 N–H and O–H groups in total. The van der Waals surface area contributed by atoms with E-state index in [1.807, 2.05) is 0 Å². The number of benzene rings is 1. The number of rotatable bonds is 2. The quantitative estimate of drug-likeness (QED) is 0.451. The zero-order chi connectivity index (χ0) is 11.5. The maximum Gasteiger partial charge on any atom is 0.209 e. The summed E-state index contributed by atoms with van der Waals surface area (Å²) >= 11 is 16.3. The van der Waals surface area contributed by atoms with Crippen LogP contribution in [0.3, 0.4) is 0 Å². The molecule has 1 aromatic rings. The van der Waals surface area contributed by atoms with Crippen molar-refractivity contribution in [3.63, 3.8) is 0 Å². The van der Waals surface area contributed by atoms with Crippen molar-refractivity contribution in [3.8, 4) is 0 Å². The number of carbonyl (C=O) groups is 1. The van der Waals surface area contributed by atoms with Crippen molar-refractivity contribution in [2.45, 2.75) is 3.79 Å². The molecule has 1 nitrogen and oxygen atoms in total. The molecule has 0 aliphatic rings. The summed E-state index contributed by atoms with van der Waals surface area (Å²) in [6, 6.07) is 5.10. The lowest BCUT2D eigenvalue weighted by atomic mass is 10.1. The number of hydrogen-bond donors (Lipinski definition) is 0. The number of hydrogen-bond acceptors (Lipinski definition) is 1. The SMILES string of the molecule is O=C(/C=C/C(Cl)(Cl)Cl)c1ccc(F)cc1. The van der Waals surface area contributed by atoms with E-state index in [1.54, 1.807) is 0 Å². The minimum Gasteiger partial charge on any atom is -0.289 e. The first-order chi connectivity index (χ1) is 6.88. The summed E-state index contributed by atoms with van der Waals surface area (Å²) in [5, 5.41) is 0. The van der Waals surface area contributed by atoms with Gasteiger partial charge in [0.15, 0.2) is 5.78 Å². The average Bonchev–Trinajstić information content (AvgIpc) is 2.14. The third kappa shape index (κ3) is 4.65. The first kappa shape index (κ1) is 12.5. The van der Waals surface area contributed by atoms with Gasteiger partial charge in [-0.2, -0.15) is 0 Å². The van der Waals surface area contributed by atoms with Crippen LogP contribution in [0.4, 0.5) is 4.39 Å². The standard InChI is InChI=1S/C10H6Cl3FO/c11-10(12,13)6-5-9(15)7-1-3-8(14)4-2-7/h1-6H/b6-5+. The van der Waals surface area contributed by atoms with Crippen molar-refractivity contribution >= 4 is 40.6 Å². The molecule has 0 unspecified atom stereocenters. The first-order valence-corrected chi connectivity index (χ1v) is 5.08. The van der Waals surface area contributed by atoms with Crippen molar-refractivity contribution in [2.75, 3.05) is 0 Å². The molecule has 0 aliphatic carbocycles. The monoisotopic (exact) mass is 266 g/mol. The Kier molecular flexibility index (Phi) is 4.14. The maximum absolute atomic E-state index is 12.5. The molecular formula is C10H6Cl3FO. The molecule has 0 spiro atoms. The van der Waals surface area contributed by atoms with E-state index in [0.29, 0.717) is 5.56 Å². The van der Waals surface area contributed by atoms with E-state index in [1.165, 1.54) is 24.3 Å². The highest BCUT2D eigenvalue weighted by Gasteiger charge is 2.14. The van der Waals surface area contributed by atoms with E-state index >= 15 is 0 Å². The Balaban J connectivity index is 2.78. The molecule has 5 heteroatoms. The van der Waals surface area contributed by atoms with Crippen molar-refractivity contribution in [1.82, 2.24) is 0 Å². The summed E-state index contributed by atoms with van der Waals surface area (Å²) in [6.07, 6.45) is 2.28. The van der Waals surface area contributed by atoms with Crippen LogP contribution in [-0.2, 0) is 0 Å². The van der Waals surface area contributed by atoms with Crippen molar-refractivity contribution in [3.05, 3.63) is 47.8 Å². The van der Waals surface area contributed by atoms with Crippen LogP contribution in [0.1, 0.15) is 10.4 Å². The molecule has 0 radical (unpaired) electrons. The van der Waals surface area contributed by atoms with Crippen LogP contribution in [0.5, 0.6) is 0 Å². The van der Waals surface area contributed by atoms with Gasteiger partial charge in [-0.3, -0.25) is 4.79 Å². The second-order valence-electron chi connectivity index (χ2n) is 2.75. The van der Waals surface area contributed by atoms with Crippen LogP contribution < -0.4 is 0 Å². The Hall–Kier alpha value is -0.570. The number of ketones is 1. The summed E-state index contributed by atoms with van der Waals surface area (Å²) in [4.78, 5) is 11.4. The van der Waals surface area contributed by atoms with Gasteiger partial charge in [-0.25, -0.2) is 4.39 Å². The highest BCUT2D eigenvalue weighted by Crippen LogP contribution is 2.27. The lowest BCUT2D eigenvalue weighted by Crippen LogP contribution is -1.99. The predicted octanol–water partition coefficient (Wildman–Crippen LogP) is 3.93. The van der Waals surface area contributed by atoms with Crippen LogP contribution in [0, 0.1) is 5.82 Å². The van der Waals surface area contributed by atoms with Gasteiger partial charge in [0, 0.05) is 5.56 Å². The van der Waals surface area contributed by atoms with Crippen molar-refractivity contribution < 1.29 is 9.18 Å². The van der Waals surface area contributed by atoms with Gasteiger partial charge in [0.25, 0.3) is 0 Å². The zero-order valence-electron chi connectivity index (χ0n) is 7.38. The minimum absolute atomic E-state index is 0.335. The second kappa shape index (κ2) is 4.97. The van der Waals surface area contributed by atoms with Crippen molar-refractivity contribution in [1.29, 1.82) is 0 Å². The largest absolute Gasteiger partial charge is 0.289 e. The van der Waals surface area contributed by atoms with Crippen LogP contribution in [0.25, 0.3) is 0 Å². The first-order valence-electron chi connectivity index (χ1n) is 3.94. The van der Waals surface area contributed by atoms with E-state index in [9.17, 15) is 9.18 Å². The molecule has 0 saturated heterocycles. The van der Waals surface area contributed by atoms with Gasteiger partial charge >= 0.3 is 0 Å². The topological polar surface area (TPSA) is 17.1 Å². The maximum atomic E-state index is 12.5. The van der Waals surface area contributed by atoms with E-state index in [2.05, 4.69) is 0 Å². The van der Waals surface area contributed by atoms with E-state index in [4.69, 9.17) is 34.8 Å². The van der Waals surface area contributed by atoms with Crippen LogP contribution in [0.15, 0.2) is 36.4 Å². The fourth-order valence-electron chi connectivity index (χ4n) is 0.881. The van der Waals surface area contributed by atoms with Gasteiger partial charge in [-0.05, 0) is 36.4 Å². The van der Waals surface area contributed by atoms with Gasteiger partial charge < -0.3 is 0 Å². The molecule has 15 heavy (non-hydrogen) atoms. The number of allylic oxidation sites excluding steroid dienone is 2. The van der Waals surface area contributed by atoms with E-state index in [-0.39, 0.29) is 5.78 Å². The molecule has 0 aromatic heterocycles. The Morgan fingerprint density at radius 2 is 1.73 bits per heavy atom. The Labute approximate surface area is 101 Å². The normalized spacial score (nSPS) is 12.0. The highest BCUT2D eigenvalue weighted by molar-refractivity contribution is 6.69. The number of halogens is 4. The molecule has 1 aromatic carbocycles. The third-order valence-corrected chi connectivity index (χ3v) is 1.93. The molecule has 0 fully saturated rings. The predicted molar refractivity (Wildman–Crippen MR) is 60.2 cm³/mol. The second-order valence-corrected chi connectivity index (χ2v) is 5.12. The van der Waals surface area contributed by atoms with Gasteiger partial charge in [0.1, 0.15) is 5.82 Å². The van der Waals surface area contributed by atoms with Crippen LogP contribution in [0.2, 0.25) is 0 Å². The summed E-state index contributed by atoms with van der Waals surface area (Å²) in [6.45, 7) is 0. The Bertz CT molecular complexity index is 379. The minimum atomic E-state index is -1.60. The average molecular weight is 268 g/mol. The molecule has 0 atom stereocenters. The Morgan fingerprint density at radius 1 is 1.20 bits per heavy atom. The molecule has 1 rings (SSSR count). The molecule has 0 heterocycles. The fourth-order valence-corrected chi connectivity index (χ4v) is 1.07. The molecule has 0 bridgehead atoms. The Morgan fingerprint density at radius 3 is 2.20 bits per heavy atom. The van der Waals surface area contributed by atoms with E-state index < -0.39 is 9.61 Å². The van der Waals surface area contributed by atoms with Gasteiger partial charge in [0.2, 0.25) is 3.79 Å². The zero-order valence-corrected chi connectivity index (χ0v) is 9.65. The van der Waals surface area contributed by atoms with Crippen LogP contribution >= 0.6 is 34.8 Å². The molecular weight excluding hydrogens is 261 g/mol. The molecule has 0 aliphatic heterocycles. The van der Waals surface area contributed by atoms with Gasteiger partial charge in [-0.1, -0.05) is 34.8 Å². The summed E-state index contributed by atoms with van der Waals surface area (Å²) < 4.78 is 10.9. The van der Waals surface area contributed by atoms with Crippen LogP contribution in [-0.4, -0.2) is 9.58 Å². The lowest BCUT2D eigenvalue weighted by molar-refractivity contribution is 0.104. The number of alkyl halides is 3. The molecule has 0 amide bonds. The van der Waals surface area contributed by atoms with Crippen molar-refractivity contribution in [2.24, 2.45) is 0 Å². The summed E-state index contributed by atoms with van der Waals surface area (Å²) in [7, 11) is 0. The smallest absolute Gasteiger partial charge is 0.209 e. The number of carbonyl (C=O) groups excluding carboxylic acids is 1. The molecule has 80 valence electrons. The van der Waals surface area contributed by atoms with E-state index in [0.717, 1.165) is 12.2 Å².